The number of anilines is 1. The fourth-order valence-electron chi connectivity index (χ4n) is 3.61. The number of nitrogens with zero attached hydrogens (tertiary/aromatic N) is 1. The van der Waals surface area contributed by atoms with E-state index in [0.717, 1.165) is 16.7 Å². The highest BCUT2D eigenvalue weighted by Gasteiger charge is 2.58. The number of carbonyl (C=O) groups is 2. The summed E-state index contributed by atoms with van der Waals surface area (Å²) in [5.74, 6) is 0.278. The van der Waals surface area contributed by atoms with Crippen LogP contribution in [0.2, 0.25) is 0 Å². The number of benzene rings is 2. The number of aryl methyl sites for hydroxylation is 2. The van der Waals surface area contributed by atoms with E-state index >= 15 is 0 Å². The molecule has 1 saturated heterocycles. The molecule has 1 amide bonds. The van der Waals surface area contributed by atoms with Crippen LogP contribution in [0.25, 0.3) is 0 Å². The zero-order valence-electron chi connectivity index (χ0n) is 17.0. The van der Waals surface area contributed by atoms with Crippen molar-refractivity contribution in [2.45, 2.75) is 46.3 Å². The highest BCUT2D eigenvalue weighted by Crippen LogP contribution is 2.48. The van der Waals surface area contributed by atoms with Crippen LogP contribution in [0.3, 0.4) is 0 Å². The van der Waals surface area contributed by atoms with Gasteiger partial charge in [0.15, 0.2) is 5.60 Å². The molecule has 0 aromatic heterocycles. The van der Waals surface area contributed by atoms with Crippen molar-refractivity contribution in [2.75, 3.05) is 12.0 Å². The summed E-state index contributed by atoms with van der Waals surface area (Å²) in [5, 5.41) is 10.8. The van der Waals surface area contributed by atoms with Crippen molar-refractivity contribution >= 4 is 17.6 Å². The third-order valence-electron chi connectivity index (χ3n) is 5.33. The van der Waals surface area contributed by atoms with E-state index in [0.29, 0.717) is 22.7 Å². The van der Waals surface area contributed by atoms with Crippen LogP contribution in [0.4, 0.5) is 5.69 Å². The van der Waals surface area contributed by atoms with Crippen molar-refractivity contribution in [2.24, 2.45) is 0 Å². The van der Waals surface area contributed by atoms with Gasteiger partial charge in [-0.1, -0.05) is 12.1 Å². The first-order valence-electron chi connectivity index (χ1n) is 9.08. The zero-order chi connectivity index (χ0) is 20.8. The number of esters is 1. The Balaban J connectivity index is 2.08. The van der Waals surface area contributed by atoms with Crippen LogP contribution in [0.15, 0.2) is 30.3 Å². The number of amides is 1. The number of aliphatic hydroxyl groups is 1. The van der Waals surface area contributed by atoms with Crippen molar-refractivity contribution < 1.29 is 24.2 Å². The Kier molecular flexibility index (Phi) is 4.93. The molecule has 1 N–H and O–H groups in total. The molecular formula is C22H25NO5. The molecule has 0 radical (unpaired) electrons. The molecule has 0 unspecified atom stereocenters. The van der Waals surface area contributed by atoms with Crippen LogP contribution in [0, 0.1) is 20.8 Å². The van der Waals surface area contributed by atoms with E-state index in [1.807, 2.05) is 39.0 Å². The summed E-state index contributed by atoms with van der Waals surface area (Å²) in [5.41, 5.74) is 2.55. The van der Waals surface area contributed by atoms with E-state index in [2.05, 4.69) is 0 Å². The van der Waals surface area contributed by atoms with E-state index in [-0.39, 0.29) is 0 Å². The molecule has 3 rings (SSSR count). The summed E-state index contributed by atoms with van der Waals surface area (Å²) in [6.45, 7) is 8.57. The molecule has 2 aromatic rings. The summed E-state index contributed by atoms with van der Waals surface area (Å²) in [4.78, 5) is 25.7. The number of carbonyl (C=O) groups excluding carboxylic acids is 2. The standard InChI is InChI=1S/C22H25NO5/c1-12-7-8-16(10-18(12)28-15(4)24)20-22(5,26)21(25)23(20)17-9-13(2)14(3)19(11-17)27-6/h7-11,20,26H,1-6H3/t20-,22+/m0/s1. The lowest BCUT2D eigenvalue weighted by Gasteiger charge is -2.51. The topological polar surface area (TPSA) is 76.1 Å². The lowest BCUT2D eigenvalue weighted by atomic mass is 9.78. The molecule has 1 fully saturated rings. The maximum atomic E-state index is 12.7. The Morgan fingerprint density at radius 2 is 1.79 bits per heavy atom. The van der Waals surface area contributed by atoms with Gasteiger partial charge in [-0.25, -0.2) is 0 Å². The fraction of sp³-hybridized carbons (Fsp3) is 0.364. The summed E-state index contributed by atoms with van der Waals surface area (Å²) in [6.07, 6.45) is 0. The van der Waals surface area contributed by atoms with Gasteiger partial charge in [0.1, 0.15) is 11.5 Å². The van der Waals surface area contributed by atoms with Gasteiger partial charge in [0.2, 0.25) is 0 Å². The van der Waals surface area contributed by atoms with Crippen LogP contribution >= 0.6 is 0 Å². The Labute approximate surface area is 164 Å². The Morgan fingerprint density at radius 1 is 1.11 bits per heavy atom. The number of methoxy groups -OCH3 is 1. The molecule has 0 aliphatic carbocycles. The molecule has 0 bridgehead atoms. The van der Waals surface area contributed by atoms with Gasteiger partial charge >= 0.3 is 5.97 Å². The van der Waals surface area contributed by atoms with E-state index in [1.54, 1.807) is 24.1 Å². The van der Waals surface area contributed by atoms with Crippen LogP contribution < -0.4 is 14.4 Å². The minimum Gasteiger partial charge on any atom is -0.496 e. The Hall–Kier alpha value is -2.86. The van der Waals surface area contributed by atoms with Crippen molar-refractivity contribution in [3.05, 3.63) is 52.6 Å². The van der Waals surface area contributed by atoms with E-state index in [1.165, 1.54) is 13.8 Å². The minimum absolute atomic E-state index is 0.391. The van der Waals surface area contributed by atoms with Crippen LogP contribution in [-0.2, 0) is 9.59 Å². The second-order valence-corrected chi connectivity index (χ2v) is 7.43. The molecule has 0 saturated carbocycles. The highest BCUT2D eigenvalue weighted by atomic mass is 16.5. The second kappa shape index (κ2) is 6.95. The SMILES string of the molecule is COc1cc(N2C(=O)[C@](C)(O)[C@@H]2c2ccc(C)c(OC(C)=O)c2)cc(C)c1C. The molecule has 6 nitrogen and oxygen atoms in total. The first kappa shape index (κ1) is 19.9. The third-order valence-corrected chi connectivity index (χ3v) is 5.33. The smallest absolute Gasteiger partial charge is 0.308 e. The largest absolute Gasteiger partial charge is 0.496 e. The van der Waals surface area contributed by atoms with E-state index < -0.39 is 23.5 Å². The minimum atomic E-state index is -1.56. The molecule has 28 heavy (non-hydrogen) atoms. The van der Waals surface area contributed by atoms with Crippen LogP contribution in [-0.4, -0.2) is 29.7 Å². The molecule has 0 spiro atoms. The van der Waals surface area contributed by atoms with E-state index in [9.17, 15) is 14.7 Å². The Morgan fingerprint density at radius 3 is 2.39 bits per heavy atom. The monoisotopic (exact) mass is 383 g/mol. The first-order valence-corrected chi connectivity index (χ1v) is 9.08. The summed E-state index contributed by atoms with van der Waals surface area (Å²) in [7, 11) is 1.59. The van der Waals surface area contributed by atoms with Crippen LogP contribution in [0.5, 0.6) is 11.5 Å². The van der Waals surface area contributed by atoms with Crippen molar-refractivity contribution in [1.29, 1.82) is 0 Å². The van der Waals surface area contributed by atoms with Gasteiger partial charge in [-0.05, 0) is 62.1 Å². The molecule has 148 valence electrons. The summed E-state index contributed by atoms with van der Waals surface area (Å²) >= 11 is 0. The van der Waals surface area contributed by atoms with Crippen molar-refractivity contribution in [1.82, 2.24) is 0 Å². The number of hydrogen-bond donors (Lipinski definition) is 1. The van der Waals surface area contributed by atoms with Crippen molar-refractivity contribution in [3.63, 3.8) is 0 Å². The van der Waals surface area contributed by atoms with Gasteiger partial charge < -0.3 is 14.6 Å². The molecular weight excluding hydrogens is 358 g/mol. The lowest BCUT2D eigenvalue weighted by molar-refractivity contribution is -0.151. The molecule has 1 aliphatic rings. The molecule has 1 heterocycles. The zero-order valence-corrected chi connectivity index (χ0v) is 17.0. The molecule has 2 aromatic carbocycles. The average molecular weight is 383 g/mol. The van der Waals surface area contributed by atoms with E-state index in [4.69, 9.17) is 9.47 Å². The van der Waals surface area contributed by atoms with Gasteiger partial charge in [0.05, 0.1) is 13.2 Å². The number of ether oxygens (including phenoxy) is 2. The van der Waals surface area contributed by atoms with Gasteiger partial charge in [-0.15, -0.1) is 0 Å². The van der Waals surface area contributed by atoms with Gasteiger partial charge in [-0.2, -0.15) is 0 Å². The quantitative estimate of drug-likeness (QED) is 0.498. The number of rotatable bonds is 4. The predicted molar refractivity (Wildman–Crippen MR) is 106 cm³/mol. The number of hydrogen-bond acceptors (Lipinski definition) is 5. The lowest BCUT2D eigenvalue weighted by Crippen LogP contribution is -2.67. The second-order valence-electron chi connectivity index (χ2n) is 7.43. The van der Waals surface area contributed by atoms with Gasteiger partial charge in [0, 0.05) is 18.7 Å². The first-order chi connectivity index (χ1) is 13.1. The van der Waals surface area contributed by atoms with Gasteiger partial charge in [0.25, 0.3) is 5.91 Å². The predicted octanol–water partition coefficient (Wildman–Crippen LogP) is 3.38. The van der Waals surface area contributed by atoms with Crippen LogP contribution in [0.1, 0.15) is 42.1 Å². The normalized spacial score (nSPS) is 21.3. The maximum absolute atomic E-state index is 12.7. The maximum Gasteiger partial charge on any atom is 0.308 e. The van der Waals surface area contributed by atoms with Gasteiger partial charge in [-0.3, -0.25) is 14.5 Å². The summed E-state index contributed by atoms with van der Waals surface area (Å²) in [6, 6.07) is 8.43. The summed E-state index contributed by atoms with van der Waals surface area (Å²) < 4.78 is 10.7. The average Bonchev–Trinajstić information content (AvgIpc) is 2.63. The van der Waals surface area contributed by atoms with Crippen molar-refractivity contribution in [3.8, 4) is 11.5 Å². The fourth-order valence-corrected chi connectivity index (χ4v) is 3.61. The molecule has 2 atom stereocenters. The third kappa shape index (κ3) is 3.14. The highest BCUT2D eigenvalue weighted by molar-refractivity contribution is 6.08. The Bertz CT molecular complexity index is 964. The molecule has 6 heteroatoms. The number of β-lactam (4-membered cyclic amide) rings is 1. The molecule has 1 aliphatic heterocycles.